The molecule has 2 amide bonds. The van der Waals surface area contributed by atoms with Gasteiger partial charge in [0.15, 0.2) is 0 Å². The number of sulfonamides is 1. The Kier molecular flexibility index (Phi) is 6.38. The molecule has 1 heterocycles. The molecule has 0 saturated carbocycles. The third kappa shape index (κ3) is 5.61. The maximum Gasteiger partial charge on any atom is 0.264 e. The van der Waals surface area contributed by atoms with Gasteiger partial charge in [0.25, 0.3) is 15.9 Å². The summed E-state index contributed by atoms with van der Waals surface area (Å²) < 4.78 is 27.0. The lowest BCUT2D eigenvalue weighted by Gasteiger charge is -2.09. The van der Waals surface area contributed by atoms with Crippen molar-refractivity contribution < 1.29 is 18.0 Å². The molecule has 0 saturated heterocycles. The van der Waals surface area contributed by atoms with Crippen LogP contribution >= 0.6 is 0 Å². The molecule has 0 aliphatic rings. The van der Waals surface area contributed by atoms with Gasteiger partial charge in [-0.05, 0) is 48.0 Å². The Morgan fingerprint density at radius 3 is 2.17 bits per heavy atom. The number of benzene rings is 2. The van der Waals surface area contributed by atoms with Crippen LogP contribution in [0, 0.1) is 0 Å². The highest BCUT2D eigenvalue weighted by Gasteiger charge is 2.15. The first-order chi connectivity index (χ1) is 14.3. The van der Waals surface area contributed by atoms with Crippen LogP contribution < -0.4 is 15.4 Å². The molecule has 1 aromatic heterocycles. The van der Waals surface area contributed by atoms with E-state index in [0.29, 0.717) is 17.8 Å². The fourth-order valence-electron chi connectivity index (χ4n) is 2.45. The first-order valence-electron chi connectivity index (χ1n) is 8.88. The molecule has 0 fully saturated rings. The van der Waals surface area contributed by atoms with E-state index in [-0.39, 0.29) is 22.7 Å². The van der Waals surface area contributed by atoms with Gasteiger partial charge in [0.2, 0.25) is 11.9 Å². The van der Waals surface area contributed by atoms with Gasteiger partial charge in [-0.3, -0.25) is 9.59 Å². The molecule has 154 valence electrons. The lowest BCUT2D eigenvalue weighted by molar-refractivity contribution is -0.119. The van der Waals surface area contributed by atoms with Crippen LogP contribution in [0.4, 0.5) is 11.6 Å². The second kappa shape index (κ2) is 9.14. The summed E-state index contributed by atoms with van der Waals surface area (Å²) in [6.07, 6.45) is 2.85. The van der Waals surface area contributed by atoms with Crippen LogP contribution in [0.3, 0.4) is 0 Å². The van der Waals surface area contributed by atoms with E-state index >= 15 is 0 Å². The second-order valence-corrected chi connectivity index (χ2v) is 7.95. The number of amides is 2. The first-order valence-corrected chi connectivity index (χ1v) is 10.4. The normalized spacial score (nSPS) is 10.8. The molecule has 3 aromatic rings. The average molecular weight is 425 g/mol. The van der Waals surface area contributed by atoms with E-state index in [1.807, 2.05) is 0 Å². The second-order valence-electron chi connectivity index (χ2n) is 6.26. The average Bonchev–Trinajstić information content (AvgIpc) is 2.73. The summed E-state index contributed by atoms with van der Waals surface area (Å²) in [6, 6.07) is 14.1. The highest BCUT2D eigenvalue weighted by atomic mass is 32.2. The number of hydrogen-bond acceptors (Lipinski definition) is 6. The minimum absolute atomic E-state index is 0.00952. The zero-order valence-electron chi connectivity index (χ0n) is 16.0. The van der Waals surface area contributed by atoms with Crippen LogP contribution in [-0.4, -0.2) is 30.2 Å². The predicted octanol–water partition coefficient (Wildman–Crippen LogP) is 2.17. The quantitative estimate of drug-likeness (QED) is 0.532. The van der Waals surface area contributed by atoms with E-state index in [1.165, 1.54) is 43.6 Å². The predicted molar refractivity (Wildman–Crippen MR) is 111 cm³/mol. The standard InChI is InChI=1S/C20H19N5O4S/c1-14(26)23-13-15-3-5-16(6-4-15)19(27)24-17-7-9-18(10-8-17)30(28,29)25-20-21-11-2-12-22-20/h2-12H,13H2,1H3,(H,23,26)(H,24,27)(H,21,22,25). The SMILES string of the molecule is CC(=O)NCc1ccc(C(=O)Nc2ccc(S(=O)(=O)Nc3ncccn3)cc2)cc1. The molecule has 0 aliphatic carbocycles. The van der Waals surface area contributed by atoms with Gasteiger partial charge in [-0.25, -0.2) is 23.1 Å². The van der Waals surface area contributed by atoms with Gasteiger partial charge >= 0.3 is 0 Å². The van der Waals surface area contributed by atoms with Gasteiger partial charge in [0, 0.05) is 37.1 Å². The van der Waals surface area contributed by atoms with Gasteiger partial charge in [0.1, 0.15) is 0 Å². The lowest BCUT2D eigenvalue weighted by atomic mass is 10.1. The van der Waals surface area contributed by atoms with Crippen LogP contribution in [0.2, 0.25) is 0 Å². The highest BCUT2D eigenvalue weighted by molar-refractivity contribution is 7.92. The van der Waals surface area contributed by atoms with Crippen molar-refractivity contribution >= 4 is 33.5 Å². The molecule has 9 nitrogen and oxygen atoms in total. The number of carbonyl (C=O) groups is 2. The van der Waals surface area contributed by atoms with Crippen molar-refractivity contribution in [3.05, 3.63) is 78.1 Å². The number of anilines is 2. The Morgan fingerprint density at radius 1 is 0.933 bits per heavy atom. The number of aromatic nitrogens is 2. The molecule has 0 aliphatic heterocycles. The topological polar surface area (TPSA) is 130 Å². The van der Waals surface area contributed by atoms with Crippen molar-refractivity contribution in [2.24, 2.45) is 0 Å². The van der Waals surface area contributed by atoms with Gasteiger partial charge in [-0.1, -0.05) is 12.1 Å². The number of nitrogens with one attached hydrogen (secondary N) is 3. The van der Waals surface area contributed by atoms with Crippen molar-refractivity contribution in [2.45, 2.75) is 18.4 Å². The maximum absolute atomic E-state index is 12.4. The van der Waals surface area contributed by atoms with Crippen molar-refractivity contribution in [3.63, 3.8) is 0 Å². The molecule has 0 spiro atoms. The summed E-state index contributed by atoms with van der Waals surface area (Å²) in [4.78, 5) is 31.0. The third-order valence-corrected chi connectivity index (χ3v) is 5.32. The molecule has 0 atom stereocenters. The maximum atomic E-state index is 12.4. The summed E-state index contributed by atoms with van der Waals surface area (Å²) in [5, 5.41) is 5.39. The van der Waals surface area contributed by atoms with E-state index in [4.69, 9.17) is 0 Å². The molecule has 10 heteroatoms. The molecule has 0 unspecified atom stereocenters. The van der Waals surface area contributed by atoms with Gasteiger partial charge in [0.05, 0.1) is 4.90 Å². The molecule has 3 N–H and O–H groups in total. The van der Waals surface area contributed by atoms with Crippen LogP contribution in [0.25, 0.3) is 0 Å². The van der Waals surface area contributed by atoms with Crippen LogP contribution in [0.1, 0.15) is 22.8 Å². The Balaban J connectivity index is 1.63. The summed E-state index contributed by atoms with van der Waals surface area (Å²) in [7, 11) is -3.84. The molecular weight excluding hydrogens is 406 g/mol. The fraction of sp³-hybridized carbons (Fsp3) is 0.100. The van der Waals surface area contributed by atoms with Crippen molar-refractivity contribution in [3.8, 4) is 0 Å². The zero-order valence-corrected chi connectivity index (χ0v) is 16.8. The van der Waals surface area contributed by atoms with Crippen LogP contribution in [0.15, 0.2) is 71.9 Å². The molecule has 0 bridgehead atoms. The van der Waals surface area contributed by atoms with Gasteiger partial charge < -0.3 is 10.6 Å². The monoisotopic (exact) mass is 425 g/mol. The fourth-order valence-corrected chi connectivity index (χ4v) is 3.41. The van der Waals surface area contributed by atoms with Gasteiger partial charge in [-0.2, -0.15) is 0 Å². The number of nitrogens with zero attached hydrogens (tertiary/aromatic N) is 2. The highest BCUT2D eigenvalue weighted by Crippen LogP contribution is 2.17. The summed E-state index contributed by atoms with van der Waals surface area (Å²) in [5.74, 6) is -0.502. The Hall–Kier alpha value is -3.79. The first kappa shape index (κ1) is 20.9. The number of rotatable bonds is 7. The largest absolute Gasteiger partial charge is 0.352 e. The van der Waals surface area contributed by atoms with E-state index in [9.17, 15) is 18.0 Å². The Bertz CT molecular complexity index is 1130. The van der Waals surface area contributed by atoms with Gasteiger partial charge in [-0.15, -0.1) is 0 Å². The Morgan fingerprint density at radius 2 is 1.57 bits per heavy atom. The van der Waals surface area contributed by atoms with E-state index in [2.05, 4.69) is 25.3 Å². The summed E-state index contributed by atoms with van der Waals surface area (Å²) in [6.45, 7) is 1.82. The molecular formula is C20H19N5O4S. The minimum atomic E-state index is -3.84. The minimum Gasteiger partial charge on any atom is -0.352 e. The number of hydrogen-bond donors (Lipinski definition) is 3. The molecule has 0 radical (unpaired) electrons. The van der Waals surface area contributed by atoms with E-state index in [0.717, 1.165) is 5.56 Å². The molecule has 2 aromatic carbocycles. The van der Waals surface area contributed by atoms with Crippen LogP contribution in [-0.2, 0) is 21.4 Å². The lowest BCUT2D eigenvalue weighted by Crippen LogP contribution is -2.19. The van der Waals surface area contributed by atoms with Crippen LogP contribution in [0.5, 0.6) is 0 Å². The zero-order chi connectivity index (χ0) is 21.6. The van der Waals surface area contributed by atoms with Crippen molar-refractivity contribution in [2.75, 3.05) is 10.0 Å². The smallest absolute Gasteiger partial charge is 0.264 e. The van der Waals surface area contributed by atoms with E-state index in [1.54, 1.807) is 30.3 Å². The van der Waals surface area contributed by atoms with Crippen molar-refractivity contribution in [1.82, 2.24) is 15.3 Å². The van der Waals surface area contributed by atoms with E-state index < -0.39 is 10.0 Å². The molecule has 3 rings (SSSR count). The number of carbonyl (C=O) groups excluding carboxylic acids is 2. The van der Waals surface area contributed by atoms with Crippen molar-refractivity contribution in [1.29, 1.82) is 0 Å². The Labute approximate surface area is 173 Å². The summed E-state index contributed by atoms with van der Waals surface area (Å²) in [5.41, 5.74) is 1.74. The summed E-state index contributed by atoms with van der Waals surface area (Å²) >= 11 is 0. The third-order valence-electron chi connectivity index (χ3n) is 3.97. The molecule has 30 heavy (non-hydrogen) atoms.